The summed E-state index contributed by atoms with van der Waals surface area (Å²) >= 11 is 0.300. The van der Waals surface area contributed by atoms with Gasteiger partial charge in [-0.15, -0.1) is 0 Å². The Morgan fingerprint density at radius 1 is 1.00 bits per heavy atom. The van der Waals surface area contributed by atoms with Crippen molar-refractivity contribution in [2.24, 2.45) is 0 Å². The topological polar surface area (TPSA) is 48.6 Å². The Hall–Kier alpha value is 3.10. The first-order valence-electron chi connectivity index (χ1n) is 0.204. The first kappa shape index (κ1) is 35.5. The molecule has 0 saturated heterocycles. The Balaban J connectivity index is -0.000000000833. The van der Waals surface area contributed by atoms with Crippen molar-refractivity contribution in [3.8, 4) is 0 Å². The van der Waals surface area contributed by atoms with Crippen molar-refractivity contribution in [3.05, 3.63) is 0 Å². The summed E-state index contributed by atoms with van der Waals surface area (Å²) in [5.41, 5.74) is 0. The molecule has 2 N–H and O–H groups in total. The number of hydrogen-bond donors (Lipinski definition) is 0. The van der Waals surface area contributed by atoms with Crippen LogP contribution in [-0.4, -0.2) is 104 Å². The molecule has 0 atom stereocenters. The van der Waals surface area contributed by atoms with Gasteiger partial charge in [0.25, 0.3) is 0 Å². The van der Waals surface area contributed by atoms with Crippen molar-refractivity contribution in [2.45, 2.75) is 0 Å². The van der Waals surface area contributed by atoms with Gasteiger partial charge in [-0.05, 0) is 0 Å². The van der Waals surface area contributed by atoms with Crippen LogP contribution in [0, 0.1) is 0 Å². The summed E-state index contributed by atoms with van der Waals surface area (Å²) in [6.07, 6.45) is 0. The van der Waals surface area contributed by atoms with Gasteiger partial charge in [-0.25, -0.2) is 0 Å². The van der Waals surface area contributed by atoms with Crippen LogP contribution in [0.5, 0.6) is 0 Å². The third kappa shape index (κ3) is 27.5. The summed E-state index contributed by atoms with van der Waals surface area (Å²) in [6.45, 7) is 0. The molecule has 6 heavy (non-hydrogen) atoms. The molecular weight excluding hydrogens is 499 g/mol. The maximum atomic E-state index is 8.34. The van der Waals surface area contributed by atoms with Crippen LogP contribution >= 0.6 is 0 Å². The summed E-state index contributed by atoms with van der Waals surface area (Å²) in [4.78, 5) is 0. The van der Waals surface area contributed by atoms with E-state index in [9.17, 15) is 0 Å². The second-order valence-electron chi connectivity index (χ2n) is 0. The molecule has 0 spiro atoms. The molecule has 6 heteroatoms. The zero-order valence-electron chi connectivity index (χ0n) is 2.12. The van der Waals surface area contributed by atoms with Gasteiger partial charge in [0.05, 0.1) is 0 Å². The van der Waals surface area contributed by atoms with Gasteiger partial charge < -0.3 is 5.48 Å². The predicted molar refractivity (Wildman–Crippen MR) is 38.5 cm³/mol. The van der Waals surface area contributed by atoms with Crippen molar-refractivity contribution < 1.29 is 8.55 Å². The molecule has 0 unspecified atom stereocenters. The van der Waals surface area contributed by atoms with Crippen LogP contribution in [0.4, 0.5) is 0 Å². The van der Waals surface area contributed by atoms with Gasteiger partial charge in [0.1, 0.15) is 0 Å². The first-order chi connectivity index (χ1) is 1.00. The second kappa shape index (κ2) is 42.5. The normalized spacial score (nSPS) is 0.667. The van der Waals surface area contributed by atoms with Crippen LogP contribution in [0.25, 0.3) is 0 Å². The van der Waals surface area contributed by atoms with Crippen LogP contribution in [0.15, 0.2) is 0 Å². The molecule has 0 saturated carbocycles. The van der Waals surface area contributed by atoms with Crippen molar-refractivity contribution >= 4 is 98.1 Å². The fourth-order valence-corrected chi connectivity index (χ4v) is 0. The van der Waals surface area contributed by atoms with E-state index in [1.54, 1.807) is 0 Å². The summed E-state index contributed by atoms with van der Waals surface area (Å²) in [7, 11) is 0. The van der Waals surface area contributed by atoms with E-state index in [1.165, 1.54) is 0 Å². The fraction of sp³-hybridized carbons (Fsp3) is 0. The summed E-state index contributed by atoms with van der Waals surface area (Å²) in [6, 6.07) is 0. The van der Waals surface area contributed by atoms with Crippen LogP contribution < -0.4 is 0 Å². The SMILES string of the molecule is O.[InH3].[InH3].[O]=[Sn].[SnH2]. The molecule has 0 bridgehead atoms. The van der Waals surface area contributed by atoms with Gasteiger partial charge in [-0.3, -0.25) is 0 Å². The Morgan fingerprint density at radius 2 is 1.00 bits per heavy atom. The zero-order chi connectivity index (χ0) is 2.00. The van der Waals surface area contributed by atoms with E-state index in [0.29, 0.717) is 22.5 Å². The summed E-state index contributed by atoms with van der Waals surface area (Å²) in [5.74, 6) is 0. The van der Waals surface area contributed by atoms with Crippen LogP contribution in [0.3, 0.4) is 0 Å². The number of rotatable bonds is 0. The molecule has 0 aliphatic carbocycles. The molecule has 0 aromatic rings. The molecule has 4 radical (unpaired) electrons. The molecular formula is H10In2O2Sn2. The van der Waals surface area contributed by atoms with E-state index in [-0.39, 0.29) is 81.1 Å². The van der Waals surface area contributed by atoms with Gasteiger partial charge in [0.15, 0.2) is 0 Å². The van der Waals surface area contributed by atoms with Gasteiger partial charge in [-0.1, -0.05) is 0 Å². The van der Waals surface area contributed by atoms with Crippen LogP contribution in [0.2, 0.25) is 0 Å². The molecule has 0 aromatic carbocycles. The Labute approximate surface area is 105 Å². The zero-order valence-corrected chi connectivity index (χ0v) is 9.01. The van der Waals surface area contributed by atoms with E-state index < -0.39 is 0 Å². The third-order valence-electron chi connectivity index (χ3n) is 0. The minimum absolute atomic E-state index is 0. The van der Waals surface area contributed by atoms with E-state index in [0.717, 1.165) is 0 Å². The third-order valence-corrected chi connectivity index (χ3v) is 0. The molecule has 0 amide bonds. The maximum absolute atomic E-state index is 8.34. The fourth-order valence-electron chi connectivity index (χ4n) is 0. The van der Waals surface area contributed by atoms with E-state index in [4.69, 9.17) is 3.08 Å². The number of hydrogen-bond acceptors (Lipinski definition) is 1. The molecule has 0 aliphatic rings. The molecule has 36 valence electrons. The Kier molecular flexibility index (Phi) is 252. The minimum atomic E-state index is 0. The van der Waals surface area contributed by atoms with Crippen molar-refractivity contribution in [1.29, 1.82) is 0 Å². The molecule has 0 aromatic heterocycles. The van der Waals surface area contributed by atoms with Crippen LogP contribution in [-0.2, 0) is 3.08 Å². The molecule has 0 rings (SSSR count). The molecule has 0 heterocycles. The van der Waals surface area contributed by atoms with E-state index >= 15 is 0 Å². The van der Waals surface area contributed by atoms with Crippen molar-refractivity contribution in [2.75, 3.05) is 0 Å². The van der Waals surface area contributed by atoms with Crippen molar-refractivity contribution in [3.63, 3.8) is 0 Å². The van der Waals surface area contributed by atoms with Gasteiger partial charge in [-0.2, -0.15) is 0 Å². The summed E-state index contributed by atoms with van der Waals surface area (Å²) < 4.78 is 8.34. The van der Waals surface area contributed by atoms with E-state index in [2.05, 4.69) is 0 Å². The first-order valence-corrected chi connectivity index (χ1v) is 1.37. The van der Waals surface area contributed by atoms with Crippen molar-refractivity contribution in [1.82, 2.24) is 0 Å². The molecule has 2 nitrogen and oxygen atoms in total. The average molecular weight is 509 g/mol. The van der Waals surface area contributed by atoms with Crippen LogP contribution in [0.1, 0.15) is 0 Å². The Morgan fingerprint density at radius 3 is 1.00 bits per heavy atom. The van der Waals surface area contributed by atoms with Gasteiger partial charge in [0.2, 0.25) is 0 Å². The average Bonchev–Trinajstić information content (AvgIpc) is 1.00. The summed E-state index contributed by atoms with van der Waals surface area (Å²) in [5, 5.41) is 0. The second-order valence-corrected chi connectivity index (χ2v) is 0. The predicted octanol–water partition coefficient (Wildman–Crippen LogP) is -4.61. The van der Waals surface area contributed by atoms with Gasteiger partial charge in [0, 0.05) is 0 Å². The molecule has 0 fully saturated rings. The molecule has 0 aliphatic heterocycles. The van der Waals surface area contributed by atoms with Gasteiger partial charge >= 0.3 is 101 Å². The quantitative estimate of drug-likeness (QED) is 0.304. The van der Waals surface area contributed by atoms with E-state index in [1.807, 2.05) is 0 Å². The monoisotopic (exact) mass is 512 g/mol. The Bertz CT molecular complexity index is 9.51. The standard InChI is InChI=1S/2In.H2O.O.2Sn.8H/h;;1H2;;;;;;;;;;;.